The van der Waals surface area contributed by atoms with Crippen LogP contribution in [0.25, 0.3) is 0 Å². The van der Waals surface area contributed by atoms with Crippen molar-refractivity contribution in [2.75, 3.05) is 26.8 Å². The van der Waals surface area contributed by atoms with Crippen molar-refractivity contribution in [2.45, 2.75) is 23.6 Å². The molecular weight excluding hydrogens is 300 g/mol. The van der Waals surface area contributed by atoms with E-state index < -0.39 is 10.0 Å². The Hall–Kier alpha value is -1.65. The molecule has 116 valence electrons. The third-order valence-corrected chi connectivity index (χ3v) is 5.04. The number of aromatic nitrogens is 2. The van der Waals surface area contributed by atoms with Crippen molar-refractivity contribution in [2.24, 2.45) is 0 Å². The lowest BCUT2D eigenvalue weighted by atomic mass is 10.1. The average Bonchev–Trinajstić information content (AvgIpc) is 2.81. The second kappa shape index (κ2) is 5.28. The summed E-state index contributed by atoms with van der Waals surface area (Å²) in [6.07, 6.45) is 1.56. The van der Waals surface area contributed by atoms with E-state index in [4.69, 9.17) is 9.47 Å². The van der Waals surface area contributed by atoms with E-state index in [2.05, 4.69) is 10.00 Å². The van der Waals surface area contributed by atoms with Gasteiger partial charge in [-0.25, -0.2) is 13.1 Å². The monoisotopic (exact) mass is 316 g/mol. The molecule has 1 N–H and O–H groups in total. The zero-order valence-electron chi connectivity index (χ0n) is 11.4. The van der Waals surface area contributed by atoms with E-state index in [0.717, 1.165) is 13.1 Å². The minimum atomic E-state index is -3.91. The summed E-state index contributed by atoms with van der Waals surface area (Å²) in [5, 5.41) is 4.03. The van der Waals surface area contributed by atoms with Gasteiger partial charge in [-0.3, -0.25) is 14.4 Å². The highest BCUT2D eigenvalue weighted by molar-refractivity contribution is 7.90. The van der Waals surface area contributed by atoms with E-state index in [-0.39, 0.29) is 29.3 Å². The lowest BCUT2D eigenvalue weighted by Crippen LogP contribution is -2.59. The number of amides is 1. The van der Waals surface area contributed by atoms with Gasteiger partial charge in [-0.1, -0.05) is 0 Å². The first kappa shape index (κ1) is 14.3. The summed E-state index contributed by atoms with van der Waals surface area (Å²) in [5.74, 6) is 0.171. The molecule has 2 aliphatic heterocycles. The molecule has 0 unspecified atom stereocenters. The van der Waals surface area contributed by atoms with Crippen molar-refractivity contribution in [3.05, 3.63) is 6.20 Å². The van der Waals surface area contributed by atoms with Crippen molar-refractivity contribution in [1.82, 2.24) is 19.4 Å². The molecule has 3 rings (SSSR count). The maximum atomic E-state index is 11.8. The first-order valence-corrected chi connectivity index (χ1v) is 7.95. The summed E-state index contributed by atoms with van der Waals surface area (Å²) >= 11 is 0. The number of nitrogens with zero attached hydrogens (tertiary/aromatic N) is 3. The number of ether oxygens (including phenoxy) is 2. The summed E-state index contributed by atoms with van der Waals surface area (Å²) in [7, 11) is -2.23. The summed E-state index contributed by atoms with van der Waals surface area (Å²) in [6, 6.07) is 0.137. The lowest BCUT2D eigenvalue weighted by Gasteiger charge is -2.44. The van der Waals surface area contributed by atoms with E-state index in [1.54, 1.807) is 11.8 Å². The van der Waals surface area contributed by atoms with Gasteiger partial charge < -0.3 is 9.47 Å². The van der Waals surface area contributed by atoms with Crippen LogP contribution in [0.2, 0.25) is 0 Å². The fraction of sp³-hybridized carbons (Fsp3) is 0.636. The summed E-state index contributed by atoms with van der Waals surface area (Å²) < 4.78 is 37.7. The molecule has 1 fully saturated rings. The van der Waals surface area contributed by atoms with Gasteiger partial charge in [0.2, 0.25) is 12.3 Å². The van der Waals surface area contributed by atoms with Crippen molar-refractivity contribution in [3.8, 4) is 5.88 Å². The number of hydrogen-bond acceptors (Lipinski definition) is 7. The summed E-state index contributed by atoms with van der Waals surface area (Å²) in [5.41, 5.74) is 0. The van der Waals surface area contributed by atoms with Gasteiger partial charge in [0, 0.05) is 20.2 Å². The maximum absolute atomic E-state index is 11.8. The molecular formula is C11H16N4O5S. The van der Waals surface area contributed by atoms with Gasteiger partial charge in [-0.2, -0.15) is 5.10 Å². The molecule has 1 aromatic heterocycles. The highest BCUT2D eigenvalue weighted by atomic mass is 32.2. The Kier molecular flexibility index (Phi) is 3.59. The van der Waals surface area contributed by atoms with Gasteiger partial charge in [-0.05, 0) is 0 Å². The lowest BCUT2D eigenvalue weighted by molar-refractivity contribution is -0.108. The number of fused-ring (bicyclic) bond motifs is 1. The zero-order valence-corrected chi connectivity index (χ0v) is 12.2. The van der Waals surface area contributed by atoms with Crippen molar-refractivity contribution >= 4 is 16.4 Å². The Balaban J connectivity index is 1.74. The fourth-order valence-electron chi connectivity index (χ4n) is 2.51. The minimum Gasteiger partial charge on any atom is -0.475 e. The maximum Gasteiger partial charge on any atom is 0.270 e. The topological polar surface area (TPSA) is 103 Å². The second-order valence-electron chi connectivity index (χ2n) is 5.01. The number of nitrogens with one attached hydrogen (secondary N) is 1. The van der Waals surface area contributed by atoms with E-state index in [1.165, 1.54) is 10.9 Å². The summed E-state index contributed by atoms with van der Waals surface area (Å²) in [4.78, 5) is 12.4. The molecule has 0 spiro atoms. The Morgan fingerprint density at radius 2 is 2.24 bits per heavy atom. The zero-order chi connectivity index (χ0) is 15.0. The largest absolute Gasteiger partial charge is 0.475 e. The molecule has 0 aromatic carbocycles. The molecule has 1 amide bonds. The first-order chi connectivity index (χ1) is 10.0. The molecule has 0 radical (unpaired) electrons. The van der Waals surface area contributed by atoms with Gasteiger partial charge >= 0.3 is 0 Å². The average molecular weight is 316 g/mol. The number of carbonyl (C=O) groups excluding carboxylic acids is 1. The molecule has 21 heavy (non-hydrogen) atoms. The molecule has 1 saturated heterocycles. The number of rotatable bonds is 5. The van der Waals surface area contributed by atoms with Crippen LogP contribution in [0.5, 0.6) is 5.88 Å². The van der Waals surface area contributed by atoms with Crippen LogP contribution in [0.1, 0.15) is 0 Å². The second-order valence-corrected chi connectivity index (χ2v) is 6.69. The quantitative estimate of drug-likeness (QED) is 0.653. The predicted octanol–water partition coefficient (Wildman–Crippen LogP) is -1.59. The summed E-state index contributed by atoms with van der Waals surface area (Å²) in [6.45, 7) is 2.59. The molecule has 1 aromatic rings. The Morgan fingerprint density at radius 3 is 2.90 bits per heavy atom. The van der Waals surface area contributed by atoms with Gasteiger partial charge in [-0.15, -0.1) is 0 Å². The number of hydrogen-bond donors (Lipinski definition) is 1. The standard InChI is InChI=1S/C11H16N4O5S/c1-19-9-4-14(5-9)8-3-15-11(20-6-8)10(2-12-15)21(17,18)13-7-16/h2,7-9H,3-6H2,1H3,(H,13,16)/t8-/m1/s1. The minimum absolute atomic E-state index is 0.119. The van der Waals surface area contributed by atoms with Crippen molar-refractivity contribution in [1.29, 1.82) is 0 Å². The van der Waals surface area contributed by atoms with Gasteiger partial charge in [0.05, 0.1) is 24.9 Å². The van der Waals surface area contributed by atoms with Crippen LogP contribution in [-0.4, -0.2) is 68.5 Å². The first-order valence-electron chi connectivity index (χ1n) is 6.46. The molecule has 0 aliphatic carbocycles. The number of sulfonamides is 1. The number of methoxy groups -OCH3 is 1. The molecule has 9 nitrogen and oxygen atoms in total. The Morgan fingerprint density at radius 1 is 1.48 bits per heavy atom. The van der Waals surface area contributed by atoms with Crippen LogP contribution in [0.15, 0.2) is 11.1 Å². The SMILES string of the molecule is COC1CN([C@H]2COc3c(S(=O)(=O)NC=O)cnn3C2)C1. The van der Waals surface area contributed by atoms with Crippen LogP contribution in [0.4, 0.5) is 0 Å². The van der Waals surface area contributed by atoms with Gasteiger partial charge in [0.25, 0.3) is 10.0 Å². The van der Waals surface area contributed by atoms with Crippen LogP contribution in [0.3, 0.4) is 0 Å². The highest BCUT2D eigenvalue weighted by Gasteiger charge is 2.37. The molecule has 3 heterocycles. The Labute approximate surface area is 121 Å². The molecule has 0 saturated carbocycles. The molecule has 1 atom stereocenters. The smallest absolute Gasteiger partial charge is 0.270 e. The van der Waals surface area contributed by atoms with Crippen LogP contribution >= 0.6 is 0 Å². The van der Waals surface area contributed by atoms with E-state index in [1.807, 2.05) is 0 Å². The molecule has 10 heteroatoms. The van der Waals surface area contributed by atoms with E-state index >= 15 is 0 Å². The van der Waals surface area contributed by atoms with Crippen LogP contribution in [0, 0.1) is 0 Å². The highest BCUT2D eigenvalue weighted by Crippen LogP contribution is 2.29. The number of likely N-dealkylation sites (tertiary alicyclic amines) is 1. The van der Waals surface area contributed by atoms with Crippen molar-refractivity contribution < 1.29 is 22.7 Å². The Bertz CT molecular complexity index is 637. The third-order valence-electron chi connectivity index (χ3n) is 3.77. The third kappa shape index (κ3) is 2.49. The number of carbonyl (C=O) groups is 1. The van der Waals surface area contributed by atoms with E-state index in [9.17, 15) is 13.2 Å². The van der Waals surface area contributed by atoms with Crippen LogP contribution < -0.4 is 9.46 Å². The normalized spacial score (nSPS) is 23.0. The van der Waals surface area contributed by atoms with E-state index in [0.29, 0.717) is 13.2 Å². The fourth-order valence-corrected chi connectivity index (χ4v) is 3.34. The van der Waals surface area contributed by atoms with Crippen molar-refractivity contribution in [3.63, 3.8) is 0 Å². The van der Waals surface area contributed by atoms with Crippen LogP contribution in [-0.2, 0) is 26.1 Å². The van der Waals surface area contributed by atoms with Gasteiger partial charge in [0.1, 0.15) is 6.61 Å². The molecule has 0 bridgehead atoms. The van der Waals surface area contributed by atoms with Gasteiger partial charge in [0.15, 0.2) is 4.90 Å². The predicted molar refractivity (Wildman–Crippen MR) is 70.3 cm³/mol. The molecule has 2 aliphatic rings.